The lowest BCUT2D eigenvalue weighted by molar-refractivity contribution is 0.0240. The summed E-state index contributed by atoms with van der Waals surface area (Å²) in [6, 6.07) is 5.11. The van der Waals surface area contributed by atoms with Crippen molar-refractivity contribution in [2.24, 2.45) is 0 Å². The number of aromatic nitrogens is 1. The normalized spacial score (nSPS) is 15.7. The van der Waals surface area contributed by atoms with Gasteiger partial charge in [0.2, 0.25) is 0 Å². The summed E-state index contributed by atoms with van der Waals surface area (Å²) < 4.78 is 5.36. The smallest absolute Gasteiger partial charge is 0.444 e. The van der Waals surface area contributed by atoms with Crippen molar-refractivity contribution in [3.8, 4) is 0 Å². The van der Waals surface area contributed by atoms with Gasteiger partial charge in [0.05, 0.1) is 5.59 Å². The third-order valence-electron chi connectivity index (χ3n) is 3.28. The number of anilines is 1. The third kappa shape index (κ3) is 4.35. The molecule has 0 atom stereocenters. The maximum Gasteiger partial charge on any atom is 0.508 e. The molecule has 0 aliphatic carbocycles. The summed E-state index contributed by atoms with van der Waals surface area (Å²) in [7, 11) is -1.58. The molecule has 120 valence electrons. The molecule has 2 heterocycles. The molecule has 0 aromatic carbocycles. The van der Waals surface area contributed by atoms with Crippen LogP contribution in [0.5, 0.6) is 0 Å². The number of carbonyl (C=O) groups excluding carboxylic acids is 1. The van der Waals surface area contributed by atoms with E-state index in [0.717, 1.165) is 0 Å². The lowest BCUT2D eigenvalue weighted by Crippen LogP contribution is -2.50. The van der Waals surface area contributed by atoms with Gasteiger partial charge in [-0.25, -0.2) is 9.78 Å². The molecule has 1 aliphatic heterocycles. The van der Waals surface area contributed by atoms with E-state index in [0.29, 0.717) is 32.0 Å². The van der Waals surface area contributed by atoms with Crippen LogP contribution >= 0.6 is 0 Å². The van der Waals surface area contributed by atoms with Crippen LogP contribution in [0.3, 0.4) is 0 Å². The minimum absolute atomic E-state index is 0.215. The second kappa shape index (κ2) is 6.54. The SMILES string of the molecule is CC(C)(C)OC(=O)N1CCN(c2cccc(B(O)O)n2)CC1. The first-order valence-corrected chi connectivity index (χ1v) is 7.32. The zero-order valence-electron chi connectivity index (χ0n) is 13.2. The second-order valence-corrected chi connectivity index (χ2v) is 6.25. The fourth-order valence-electron chi connectivity index (χ4n) is 2.20. The minimum atomic E-state index is -1.58. The number of hydrogen-bond donors (Lipinski definition) is 2. The number of rotatable bonds is 2. The highest BCUT2D eigenvalue weighted by molar-refractivity contribution is 6.57. The van der Waals surface area contributed by atoms with E-state index in [2.05, 4.69) is 4.98 Å². The largest absolute Gasteiger partial charge is 0.508 e. The number of carbonyl (C=O) groups is 1. The van der Waals surface area contributed by atoms with Crippen molar-refractivity contribution in [3.63, 3.8) is 0 Å². The van der Waals surface area contributed by atoms with Crippen molar-refractivity contribution >= 4 is 24.6 Å². The van der Waals surface area contributed by atoms with Crippen molar-refractivity contribution in [3.05, 3.63) is 18.2 Å². The Balaban J connectivity index is 1.95. The first-order valence-electron chi connectivity index (χ1n) is 7.32. The Labute approximate surface area is 130 Å². The number of ether oxygens (including phenoxy) is 1. The van der Waals surface area contributed by atoms with E-state index in [4.69, 9.17) is 4.74 Å². The van der Waals surface area contributed by atoms with E-state index in [9.17, 15) is 14.8 Å². The molecular weight excluding hydrogens is 285 g/mol. The third-order valence-corrected chi connectivity index (χ3v) is 3.28. The van der Waals surface area contributed by atoms with Crippen molar-refractivity contribution in [1.82, 2.24) is 9.88 Å². The highest BCUT2D eigenvalue weighted by Crippen LogP contribution is 2.15. The van der Waals surface area contributed by atoms with Crippen LogP contribution in [0.4, 0.5) is 10.6 Å². The van der Waals surface area contributed by atoms with E-state index in [-0.39, 0.29) is 11.7 Å². The fourth-order valence-corrected chi connectivity index (χ4v) is 2.20. The van der Waals surface area contributed by atoms with Crippen LogP contribution in [-0.2, 0) is 4.74 Å². The molecule has 8 heteroatoms. The van der Waals surface area contributed by atoms with Gasteiger partial charge in [0, 0.05) is 26.2 Å². The van der Waals surface area contributed by atoms with Crippen LogP contribution in [-0.4, -0.2) is 64.9 Å². The molecule has 1 amide bonds. The zero-order chi connectivity index (χ0) is 16.3. The van der Waals surface area contributed by atoms with E-state index in [1.165, 1.54) is 0 Å². The van der Waals surface area contributed by atoms with Gasteiger partial charge >= 0.3 is 13.2 Å². The highest BCUT2D eigenvalue weighted by atomic mass is 16.6. The molecule has 1 saturated heterocycles. The number of pyridine rings is 1. The molecule has 7 nitrogen and oxygen atoms in total. The molecule has 0 saturated carbocycles. The Hall–Kier alpha value is -1.80. The molecule has 1 aliphatic rings. The predicted octanol–water partition coefficient (Wildman–Crippen LogP) is -0.182. The Bertz CT molecular complexity index is 525. The molecule has 2 rings (SSSR count). The van der Waals surface area contributed by atoms with Gasteiger partial charge in [0.25, 0.3) is 0 Å². The topological polar surface area (TPSA) is 86.1 Å². The number of piperazine rings is 1. The molecule has 0 bridgehead atoms. The summed E-state index contributed by atoms with van der Waals surface area (Å²) in [5.41, 5.74) is -0.284. The average Bonchev–Trinajstić information content (AvgIpc) is 2.46. The maximum absolute atomic E-state index is 12.0. The van der Waals surface area contributed by atoms with Crippen molar-refractivity contribution in [2.45, 2.75) is 26.4 Å². The van der Waals surface area contributed by atoms with Crippen molar-refractivity contribution in [2.75, 3.05) is 31.1 Å². The lowest BCUT2D eigenvalue weighted by atomic mass is 9.86. The Morgan fingerprint density at radius 1 is 1.23 bits per heavy atom. The Morgan fingerprint density at radius 2 is 1.86 bits per heavy atom. The summed E-state index contributed by atoms with van der Waals surface area (Å²) in [5.74, 6) is 0.675. The Morgan fingerprint density at radius 3 is 2.41 bits per heavy atom. The van der Waals surface area contributed by atoms with Crippen LogP contribution in [0.2, 0.25) is 0 Å². The van der Waals surface area contributed by atoms with Gasteiger partial charge in [-0.2, -0.15) is 0 Å². The lowest BCUT2D eigenvalue weighted by Gasteiger charge is -2.36. The Kier molecular flexibility index (Phi) is 4.92. The van der Waals surface area contributed by atoms with Gasteiger partial charge in [0.15, 0.2) is 0 Å². The van der Waals surface area contributed by atoms with E-state index in [1.807, 2.05) is 31.7 Å². The zero-order valence-corrected chi connectivity index (χ0v) is 13.2. The molecule has 22 heavy (non-hydrogen) atoms. The highest BCUT2D eigenvalue weighted by Gasteiger charge is 2.26. The predicted molar refractivity (Wildman–Crippen MR) is 84.1 cm³/mol. The van der Waals surface area contributed by atoms with Crippen LogP contribution in [0.15, 0.2) is 18.2 Å². The van der Waals surface area contributed by atoms with Gasteiger partial charge < -0.3 is 24.6 Å². The first-order chi connectivity index (χ1) is 10.3. The van der Waals surface area contributed by atoms with Crippen LogP contribution in [0, 0.1) is 0 Å². The van der Waals surface area contributed by atoms with Crippen LogP contribution < -0.4 is 10.5 Å². The molecular formula is C14H22BN3O4. The standard InChI is InChI=1S/C14H22BN3O4/c1-14(2,3)22-13(19)18-9-7-17(8-10-18)12-6-4-5-11(16-12)15(20)21/h4-6,20-21H,7-10H2,1-3H3. The molecule has 1 aromatic rings. The summed E-state index contributed by atoms with van der Waals surface area (Å²) in [6.45, 7) is 7.86. The average molecular weight is 307 g/mol. The van der Waals surface area contributed by atoms with Crippen molar-refractivity contribution in [1.29, 1.82) is 0 Å². The van der Waals surface area contributed by atoms with Crippen LogP contribution in [0.1, 0.15) is 20.8 Å². The summed E-state index contributed by atoms with van der Waals surface area (Å²) in [5, 5.41) is 18.3. The minimum Gasteiger partial charge on any atom is -0.444 e. The molecule has 2 N–H and O–H groups in total. The van der Waals surface area contributed by atoms with Gasteiger partial charge in [-0.05, 0) is 32.9 Å². The molecule has 1 aromatic heterocycles. The molecule has 0 radical (unpaired) electrons. The molecule has 0 unspecified atom stereocenters. The van der Waals surface area contributed by atoms with E-state index < -0.39 is 12.7 Å². The van der Waals surface area contributed by atoms with Crippen LogP contribution in [0.25, 0.3) is 0 Å². The monoisotopic (exact) mass is 307 g/mol. The second-order valence-electron chi connectivity index (χ2n) is 6.25. The quantitative estimate of drug-likeness (QED) is 0.737. The maximum atomic E-state index is 12.0. The van der Waals surface area contributed by atoms with Gasteiger partial charge in [-0.3, -0.25) is 0 Å². The summed E-state index contributed by atoms with van der Waals surface area (Å²) >= 11 is 0. The van der Waals surface area contributed by atoms with Crippen molar-refractivity contribution < 1.29 is 19.6 Å². The van der Waals surface area contributed by atoms with Gasteiger partial charge in [-0.1, -0.05) is 6.07 Å². The molecule has 0 spiro atoms. The fraction of sp³-hybridized carbons (Fsp3) is 0.571. The molecule has 1 fully saturated rings. The number of hydrogen-bond acceptors (Lipinski definition) is 6. The summed E-state index contributed by atoms with van der Waals surface area (Å²) in [6.07, 6.45) is -0.306. The summed E-state index contributed by atoms with van der Waals surface area (Å²) in [4.78, 5) is 19.9. The van der Waals surface area contributed by atoms with Gasteiger partial charge in [-0.15, -0.1) is 0 Å². The first kappa shape index (κ1) is 16.6. The van der Waals surface area contributed by atoms with E-state index in [1.54, 1.807) is 17.0 Å². The number of nitrogens with zero attached hydrogens (tertiary/aromatic N) is 3. The number of amides is 1. The van der Waals surface area contributed by atoms with Gasteiger partial charge in [0.1, 0.15) is 11.4 Å². The van der Waals surface area contributed by atoms with E-state index >= 15 is 0 Å².